The lowest BCUT2D eigenvalue weighted by Crippen LogP contribution is -2.38. The first-order valence-electron chi connectivity index (χ1n) is 9.16. The summed E-state index contributed by atoms with van der Waals surface area (Å²) in [4.78, 5) is 0.207. The van der Waals surface area contributed by atoms with Gasteiger partial charge in [-0.1, -0.05) is 18.2 Å². The predicted molar refractivity (Wildman–Crippen MR) is 104 cm³/mol. The molecule has 1 heterocycles. The molecule has 0 aliphatic carbocycles. The topological polar surface area (TPSA) is 70.4 Å². The second-order valence-electron chi connectivity index (χ2n) is 6.87. The smallest absolute Gasteiger partial charge is 0.243 e. The van der Waals surface area contributed by atoms with E-state index in [4.69, 9.17) is 10.00 Å². The molecule has 5 nitrogen and oxygen atoms in total. The number of hydrogen-bond acceptors (Lipinski definition) is 4. The van der Waals surface area contributed by atoms with Gasteiger partial charge in [0.25, 0.3) is 0 Å². The number of nitrogens with zero attached hydrogens (tertiary/aromatic N) is 2. The lowest BCUT2D eigenvalue weighted by Gasteiger charge is -2.31. The summed E-state index contributed by atoms with van der Waals surface area (Å²) in [5, 5.41) is 8.99. The highest BCUT2D eigenvalue weighted by molar-refractivity contribution is 7.89. The molecule has 1 fully saturated rings. The average Bonchev–Trinajstić information content (AvgIpc) is 2.73. The molecule has 0 aromatic heterocycles. The molecule has 0 bridgehead atoms. The molecule has 1 aliphatic rings. The fourth-order valence-electron chi connectivity index (χ4n) is 3.48. The molecule has 0 amide bonds. The summed E-state index contributed by atoms with van der Waals surface area (Å²) in [6.45, 7) is 1.07. The molecule has 0 spiro atoms. The van der Waals surface area contributed by atoms with Crippen molar-refractivity contribution >= 4 is 10.0 Å². The van der Waals surface area contributed by atoms with Gasteiger partial charge in [0.15, 0.2) is 0 Å². The molecule has 0 radical (unpaired) electrons. The van der Waals surface area contributed by atoms with Crippen molar-refractivity contribution in [3.63, 3.8) is 0 Å². The van der Waals surface area contributed by atoms with Crippen LogP contribution in [0.15, 0.2) is 53.4 Å². The zero-order chi connectivity index (χ0) is 19.3. The second-order valence-corrected chi connectivity index (χ2v) is 8.81. The van der Waals surface area contributed by atoms with E-state index < -0.39 is 10.0 Å². The lowest BCUT2D eigenvalue weighted by molar-refractivity contribution is 0.263. The van der Waals surface area contributed by atoms with Crippen molar-refractivity contribution in [3.05, 3.63) is 59.7 Å². The monoisotopic (exact) mass is 384 g/mol. The standard InChI is InChI=1S/C21H24N2O3S/c1-26-20-9-7-17(8-10-20)5-6-18-11-13-23(14-12-18)27(24,25)21-4-2-3-19(15-21)16-22/h2-4,7-10,15,18H,5-6,11-14H2,1H3. The molecule has 142 valence electrons. The third kappa shape index (κ3) is 4.68. The molecule has 2 aromatic rings. The number of rotatable bonds is 6. The Bertz CT molecular complexity index is 909. The summed E-state index contributed by atoms with van der Waals surface area (Å²) in [5.41, 5.74) is 1.64. The van der Waals surface area contributed by atoms with Gasteiger partial charge in [0, 0.05) is 13.1 Å². The highest BCUT2D eigenvalue weighted by Gasteiger charge is 2.29. The van der Waals surface area contributed by atoms with Crippen LogP contribution in [0.1, 0.15) is 30.4 Å². The molecule has 3 rings (SSSR count). The second kappa shape index (κ2) is 8.55. The normalized spacial score (nSPS) is 16.0. The Morgan fingerprint density at radius 1 is 1.15 bits per heavy atom. The molecule has 1 aliphatic heterocycles. The fraction of sp³-hybridized carbons (Fsp3) is 0.381. The largest absolute Gasteiger partial charge is 0.497 e. The molecular weight excluding hydrogens is 360 g/mol. The number of nitriles is 1. The van der Waals surface area contributed by atoms with Gasteiger partial charge in [0.1, 0.15) is 5.75 Å². The Hall–Kier alpha value is -2.36. The minimum Gasteiger partial charge on any atom is -0.497 e. The van der Waals surface area contributed by atoms with Gasteiger partial charge in [-0.05, 0) is 67.5 Å². The Balaban J connectivity index is 1.55. The highest BCUT2D eigenvalue weighted by Crippen LogP contribution is 2.27. The summed E-state index contributed by atoms with van der Waals surface area (Å²) < 4.78 is 32.3. The van der Waals surface area contributed by atoms with Crippen molar-refractivity contribution in [1.29, 1.82) is 5.26 Å². The van der Waals surface area contributed by atoms with E-state index in [9.17, 15) is 8.42 Å². The van der Waals surface area contributed by atoms with Crippen LogP contribution in [0.5, 0.6) is 5.75 Å². The number of sulfonamides is 1. The molecule has 0 atom stereocenters. The van der Waals surface area contributed by atoms with Crippen LogP contribution in [0.2, 0.25) is 0 Å². The Morgan fingerprint density at radius 2 is 1.85 bits per heavy atom. The van der Waals surface area contributed by atoms with E-state index in [0.717, 1.165) is 31.4 Å². The molecule has 0 saturated carbocycles. The zero-order valence-corrected chi connectivity index (χ0v) is 16.3. The van der Waals surface area contributed by atoms with Crippen LogP contribution in [-0.2, 0) is 16.4 Å². The van der Waals surface area contributed by atoms with E-state index >= 15 is 0 Å². The highest BCUT2D eigenvalue weighted by atomic mass is 32.2. The van der Waals surface area contributed by atoms with Crippen molar-refractivity contribution in [1.82, 2.24) is 4.31 Å². The van der Waals surface area contributed by atoms with Gasteiger partial charge in [0.2, 0.25) is 10.0 Å². The summed E-state index contributed by atoms with van der Waals surface area (Å²) in [7, 11) is -1.86. The van der Waals surface area contributed by atoms with Gasteiger partial charge < -0.3 is 4.74 Å². The van der Waals surface area contributed by atoms with Crippen LogP contribution in [0, 0.1) is 17.2 Å². The first-order chi connectivity index (χ1) is 13.0. The van der Waals surface area contributed by atoms with E-state index in [-0.39, 0.29) is 4.90 Å². The molecular formula is C21H24N2O3S. The number of hydrogen-bond donors (Lipinski definition) is 0. The maximum absolute atomic E-state index is 12.8. The van der Waals surface area contributed by atoms with Crippen LogP contribution in [0.25, 0.3) is 0 Å². The minimum absolute atomic E-state index is 0.207. The number of benzene rings is 2. The summed E-state index contributed by atoms with van der Waals surface area (Å²) in [6.07, 6.45) is 3.79. The van der Waals surface area contributed by atoms with Crippen LogP contribution < -0.4 is 4.74 Å². The van der Waals surface area contributed by atoms with Crippen molar-refractivity contribution in [2.24, 2.45) is 5.92 Å². The number of piperidine rings is 1. The number of methoxy groups -OCH3 is 1. The summed E-state index contributed by atoms with van der Waals surface area (Å²) >= 11 is 0. The Morgan fingerprint density at radius 3 is 2.48 bits per heavy atom. The predicted octanol–water partition coefficient (Wildman–Crippen LogP) is 3.60. The molecule has 6 heteroatoms. The van der Waals surface area contributed by atoms with E-state index in [0.29, 0.717) is 24.6 Å². The maximum atomic E-state index is 12.8. The van der Waals surface area contributed by atoms with E-state index in [1.807, 2.05) is 18.2 Å². The van der Waals surface area contributed by atoms with Gasteiger partial charge in [-0.15, -0.1) is 0 Å². The van der Waals surface area contributed by atoms with E-state index in [1.165, 1.54) is 11.6 Å². The summed E-state index contributed by atoms with van der Waals surface area (Å²) in [6, 6.07) is 16.4. The third-order valence-corrected chi connectivity index (χ3v) is 7.07. The fourth-order valence-corrected chi connectivity index (χ4v) is 4.99. The quantitative estimate of drug-likeness (QED) is 0.763. The van der Waals surface area contributed by atoms with Crippen LogP contribution in [0.4, 0.5) is 0 Å². The van der Waals surface area contributed by atoms with Gasteiger partial charge >= 0.3 is 0 Å². The van der Waals surface area contributed by atoms with Gasteiger partial charge in [-0.25, -0.2) is 8.42 Å². The summed E-state index contributed by atoms with van der Waals surface area (Å²) in [5.74, 6) is 1.39. The van der Waals surface area contributed by atoms with Crippen molar-refractivity contribution < 1.29 is 13.2 Å². The van der Waals surface area contributed by atoms with E-state index in [1.54, 1.807) is 29.6 Å². The molecule has 27 heavy (non-hydrogen) atoms. The van der Waals surface area contributed by atoms with Gasteiger partial charge in [-0.3, -0.25) is 0 Å². The van der Waals surface area contributed by atoms with Crippen LogP contribution >= 0.6 is 0 Å². The third-order valence-electron chi connectivity index (χ3n) is 5.17. The van der Waals surface area contributed by atoms with Gasteiger partial charge in [0.05, 0.1) is 23.6 Å². The Labute approximate surface area is 161 Å². The first kappa shape index (κ1) is 19.4. The average molecular weight is 385 g/mol. The van der Waals surface area contributed by atoms with Crippen LogP contribution in [-0.4, -0.2) is 32.9 Å². The number of ether oxygens (including phenoxy) is 1. The minimum atomic E-state index is -3.52. The molecule has 1 saturated heterocycles. The first-order valence-corrected chi connectivity index (χ1v) is 10.6. The van der Waals surface area contributed by atoms with Crippen molar-refractivity contribution in [2.45, 2.75) is 30.6 Å². The van der Waals surface area contributed by atoms with Crippen molar-refractivity contribution in [3.8, 4) is 11.8 Å². The lowest BCUT2D eigenvalue weighted by atomic mass is 9.91. The van der Waals surface area contributed by atoms with Crippen LogP contribution in [0.3, 0.4) is 0 Å². The van der Waals surface area contributed by atoms with Gasteiger partial charge in [-0.2, -0.15) is 9.57 Å². The number of aryl methyl sites for hydroxylation is 1. The molecule has 2 aromatic carbocycles. The Kier molecular flexibility index (Phi) is 6.15. The van der Waals surface area contributed by atoms with Crippen molar-refractivity contribution in [2.75, 3.05) is 20.2 Å². The molecule has 0 unspecified atom stereocenters. The maximum Gasteiger partial charge on any atom is 0.243 e. The van der Waals surface area contributed by atoms with E-state index in [2.05, 4.69) is 12.1 Å². The zero-order valence-electron chi connectivity index (χ0n) is 15.5. The SMILES string of the molecule is COc1ccc(CCC2CCN(S(=O)(=O)c3cccc(C#N)c3)CC2)cc1. The molecule has 0 N–H and O–H groups in total.